The van der Waals surface area contributed by atoms with E-state index in [4.69, 9.17) is 0 Å². The summed E-state index contributed by atoms with van der Waals surface area (Å²) in [7, 11) is 0. The summed E-state index contributed by atoms with van der Waals surface area (Å²) in [6, 6.07) is 5.92. The van der Waals surface area contributed by atoms with Gasteiger partial charge in [0.2, 0.25) is 0 Å². The Balaban J connectivity index is 2.01. The van der Waals surface area contributed by atoms with E-state index in [1.807, 2.05) is 12.1 Å². The van der Waals surface area contributed by atoms with Crippen LogP contribution < -0.4 is 0 Å². The Morgan fingerprint density at radius 2 is 1.94 bits per heavy atom. The highest BCUT2D eigenvalue weighted by Gasteiger charge is 2.20. The van der Waals surface area contributed by atoms with Crippen molar-refractivity contribution in [3.05, 3.63) is 29.6 Å². The lowest BCUT2D eigenvalue weighted by molar-refractivity contribution is 0.273. The third-order valence-electron chi connectivity index (χ3n) is 3.95. The minimum atomic E-state index is 0.00477. The molecule has 1 fully saturated rings. The number of pyridine rings is 1. The normalized spacial score (nSPS) is 18.1. The summed E-state index contributed by atoms with van der Waals surface area (Å²) >= 11 is 0. The van der Waals surface area contributed by atoms with E-state index in [0.717, 1.165) is 16.9 Å². The number of aliphatic hydroxyl groups is 1. The zero-order chi connectivity index (χ0) is 12.4. The van der Waals surface area contributed by atoms with Gasteiger partial charge in [-0.15, -0.1) is 5.10 Å². The Bertz CT molecular complexity index is 527. The predicted octanol–water partition coefficient (Wildman–Crippen LogP) is 2.66. The zero-order valence-corrected chi connectivity index (χ0v) is 10.5. The van der Waals surface area contributed by atoms with Crippen LogP contribution in [0.3, 0.4) is 0 Å². The summed E-state index contributed by atoms with van der Waals surface area (Å²) < 4.78 is 1.78. The number of hydrogen-bond acceptors (Lipinski definition) is 3. The smallest absolute Gasteiger partial charge is 0.0936 e. The Labute approximate surface area is 107 Å². The van der Waals surface area contributed by atoms with Crippen molar-refractivity contribution in [2.75, 3.05) is 0 Å². The van der Waals surface area contributed by atoms with E-state index in [1.165, 1.54) is 38.5 Å². The molecule has 1 aliphatic carbocycles. The summed E-state index contributed by atoms with van der Waals surface area (Å²) in [5.74, 6) is 0.541. The van der Waals surface area contributed by atoms with Crippen LogP contribution in [0.4, 0.5) is 0 Å². The topological polar surface area (TPSA) is 50.4 Å². The zero-order valence-electron chi connectivity index (χ0n) is 10.5. The molecule has 0 aromatic carbocycles. The maximum atomic E-state index is 9.31. The molecule has 0 spiro atoms. The number of aromatic nitrogens is 3. The number of hydrogen-bond donors (Lipinski definition) is 1. The van der Waals surface area contributed by atoms with Gasteiger partial charge < -0.3 is 5.11 Å². The van der Waals surface area contributed by atoms with E-state index < -0.39 is 0 Å². The fraction of sp³-hybridized carbons (Fsp3) is 0.571. The van der Waals surface area contributed by atoms with Crippen LogP contribution in [0.5, 0.6) is 0 Å². The van der Waals surface area contributed by atoms with Crippen molar-refractivity contribution in [3.8, 4) is 0 Å². The van der Waals surface area contributed by atoms with Gasteiger partial charge in [0, 0.05) is 5.92 Å². The quantitative estimate of drug-likeness (QED) is 0.827. The molecular formula is C14H19N3O. The Kier molecular flexibility index (Phi) is 3.28. The van der Waals surface area contributed by atoms with Crippen molar-refractivity contribution in [2.24, 2.45) is 0 Å². The molecule has 96 valence electrons. The molecule has 4 heteroatoms. The second-order valence-electron chi connectivity index (χ2n) is 5.14. The highest BCUT2D eigenvalue weighted by Crippen LogP contribution is 2.32. The van der Waals surface area contributed by atoms with Crippen molar-refractivity contribution in [1.29, 1.82) is 0 Å². The molecule has 0 atom stereocenters. The van der Waals surface area contributed by atoms with Gasteiger partial charge in [0.25, 0.3) is 0 Å². The number of aliphatic hydroxyl groups excluding tert-OH is 1. The van der Waals surface area contributed by atoms with Gasteiger partial charge in [0.1, 0.15) is 0 Å². The molecule has 3 rings (SSSR count). The van der Waals surface area contributed by atoms with Crippen LogP contribution in [-0.4, -0.2) is 19.9 Å². The standard InChI is InChI=1S/C14H19N3O/c18-10-12-8-5-9-13-14(15-16-17(12)13)11-6-3-1-2-4-7-11/h5,8-9,11,18H,1-4,6-7,10H2. The predicted molar refractivity (Wildman–Crippen MR) is 69.4 cm³/mol. The van der Waals surface area contributed by atoms with Gasteiger partial charge in [-0.05, 0) is 25.0 Å². The van der Waals surface area contributed by atoms with Gasteiger partial charge in [0.05, 0.1) is 23.5 Å². The maximum Gasteiger partial charge on any atom is 0.0936 e. The lowest BCUT2D eigenvalue weighted by atomic mass is 9.96. The van der Waals surface area contributed by atoms with Gasteiger partial charge in [-0.3, -0.25) is 0 Å². The Morgan fingerprint density at radius 3 is 2.67 bits per heavy atom. The van der Waals surface area contributed by atoms with E-state index in [-0.39, 0.29) is 6.61 Å². The van der Waals surface area contributed by atoms with Crippen molar-refractivity contribution in [3.63, 3.8) is 0 Å². The first-order valence-corrected chi connectivity index (χ1v) is 6.84. The summed E-state index contributed by atoms with van der Waals surface area (Å²) in [6.07, 6.45) is 7.72. The summed E-state index contributed by atoms with van der Waals surface area (Å²) in [4.78, 5) is 0. The average Bonchev–Trinajstić information content (AvgIpc) is 2.66. The fourth-order valence-electron chi connectivity index (χ4n) is 2.95. The Morgan fingerprint density at radius 1 is 1.17 bits per heavy atom. The van der Waals surface area contributed by atoms with Crippen LogP contribution in [0.25, 0.3) is 5.52 Å². The van der Waals surface area contributed by atoms with Gasteiger partial charge in [-0.25, -0.2) is 4.52 Å². The van der Waals surface area contributed by atoms with E-state index in [2.05, 4.69) is 16.4 Å². The van der Waals surface area contributed by atoms with Crippen LogP contribution in [0, 0.1) is 0 Å². The number of fused-ring (bicyclic) bond motifs is 1. The minimum absolute atomic E-state index is 0.00477. The molecule has 0 saturated heterocycles. The second-order valence-corrected chi connectivity index (χ2v) is 5.14. The largest absolute Gasteiger partial charge is 0.390 e. The van der Waals surface area contributed by atoms with Crippen molar-refractivity contribution < 1.29 is 5.11 Å². The van der Waals surface area contributed by atoms with Crippen LogP contribution in [0.1, 0.15) is 55.8 Å². The molecule has 1 N–H and O–H groups in total. The molecule has 4 nitrogen and oxygen atoms in total. The molecule has 0 bridgehead atoms. The molecule has 18 heavy (non-hydrogen) atoms. The molecule has 2 heterocycles. The first-order valence-electron chi connectivity index (χ1n) is 6.84. The molecule has 0 aliphatic heterocycles. The highest BCUT2D eigenvalue weighted by atomic mass is 16.3. The summed E-state index contributed by atoms with van der Waals surface area (Å²) in [5.41, 5.74) is 2.99. The molecule has 1 aliphatic rings. The van der Waals surface area contributed by atoms with Crippen molar-refractivity contribution in [2.45, 2.75) is 51.0 Å². The van der Waals surface area contributed by atoms with E-state index in [9.17, 15) is 5.11 Å². The fourth-order valence-corrected chi connectivity index (χ4v) is 2.95. The van der Waals surface area contributed by atoms with E-state index >= 15 is 0 Å². The monoisotopic (exact) mass is 245 g/mol. The minimum Gasteiger partial charge on any atom is -0.390 e. The molecule has 0 radical (unpaired) electrons. The highest BCUT2D eigenvalue weighted by molar-refractivity contribution is 5.53. The molecule has 2 aromatic heterocycles. The first kappa shape index (κ1) is 11.7. The molecule has 0 amide bonds. The van der Waals surface area contributed by atoms with Gasteiger partial charge in [0.15, 0.2) is 0 Å². The third kappa shape index (κ3) is 2.01. The van der Waals surface area contributed by atoms with Crippen LogP contribution in [0.15, 0.2) is 18.2 Å². The molecule has 2 aromatic rings. The van der Waals surface area contributed by atoms with E-state index in [0.29, 0.717) is 5.92 Å². The van der Waals surface area contributed by atoms with Crippen LogP contribution in [0.2, 0.25) is 0 Å². The summed E-state index contributed by atoms with van der Waals surface area (Å²) in [6.45, 7) is 0.00477. The number of rotatable bonds is 2. The summed E-state index contributed by atoms with van der Waals surface area (Å²) in [5, 5.41) is 17.9. The second kappa shape index (κ2) is 5.06. The van der Waals surface area contributed by atoms with Crippen LogP contribution in [-0.2, 0) is 6.61 Å². The number of nitrogens with zero attached hydrogens (tertiary/aromatic N) is 3. The molecule has 0 unspecified atom stereocenters. The molecule has 1 saturated carbocycles. The van der Waals surface area contributed by atoms with Crippen molar-refractivity contribution in [1.82, 2.24) is 14.8 Å². The average molecular weight is 245 g/mol. The Hall–Kier alpha value is -1.42. The van der Waals surface area contributed by atoms with Gasteiger partial charge >= 0.3 is 0 Å². The lowest BCUT2D eigenvalue weighted by Crippen LogP contribution is -2.00. The van der Waals surface area contributed by atoms with Crippen molar-refractivity contribution >= 4 is 5.52 Å². The SMILES string of the molecule is OCc1cccc2c(C3CCCCCC3)nnn12. The van der Waals surface area contributed by atoms with E-state index in [1.54, 1.807) is 4.52 Å². The van der Waals surface area contributed by atoms with Crippen LogP contribution >= 0.6 is 0 Å². The van der Waals surface area contributed by atoms with Gasteiger partial charge in [-0.1, -0.05) is 37.0 Å². The van der Waals surface area contributed by atoms with Gasteiger partial charge in [-0.2, -0.15) is 0 Å². The first-order chi connectivity index (χ1) is 8.90. The third-order valence-corrected chi connectivity index (χ3v) is 3.95. The lowest BCUT2D eigenvalue weighted by Gasteiger charge is -2.10. The maximum absolute atomic E-state index is 9.31. The molecular weight excluding hydrogens is 226 g/mol.